The second-order valence-electron chi connectivity index (χ2n) is 5.30. The van der Waals surface area contributed by atoms with Crippen LogP contribution in [-0.2, 0) is 4.74 Å². The second kappa shape index (κ2) is 7.07. The highest BCUT2D eigenvalue weighted by molar-refractivity contribution is 6.05. The van der Waals surface area contributed by atoms with E-state index in [9.17, 15) is 9.59 Å². The van der Waals surface area contributed by atoms with E-state index < -0.39 is 0 Å². The van der Waals surface area contributed by atoms with E-state index in [0.717, 1.165) is 5.69 Å². The molecule has 0 bridgehead atoms. The number of para-hydroxylation sites is 1. The first-order valence-corrected chi connectivity index (χ1v) is 7.57. The third-order valence-electron chi connectivity index (χ3n) is 3.72. The van der Waals surface area contributed by atoms with Gasteiger partial charge in [-0.2, -0.15) is 0 Å². The molecule has 0 unspecified atom stereocenters. The molecule has 23 heavy (non-hydrogen) atoms. The Kier molecular flexibility index (Phi) is 4.68. The van der Waals surface area contributed by atoms with Gasteiger partial charge in [0.2, 0.25) is 0 Å². The van der Waals surface area contributed by atoms with Gasteiger partial charge in [-0.1, -0.05) is 18.2 Å². The van der Waals surface area contributed by atoms with Gasteiger partial charge < -0.3 is 15.0 Å². The van der Waals surface area contributed by atoms with Gasteiger partial charge in [-0.05, 0) is 36.4 Å². The van der Waals surface area contributed by atoms with Gasteiger partial charge >= 0.3 is 0 Å². The van der Waals surface area contributed by atoms with E-state index in [1.54, 1.807) is 29.2 Å². The minimum atomic E-state index is -0.193. The van der Waals surface area contributed by atoms with E-state index in [2.05, 4.69) is 5.32 Å². The smallest absolute Gasteiger partial charge is 0.255 e. The standard InChI is InChI=1S/C18H18N2O3/c21-17(19-16-4-2-1-3-5-16)14-6-8-15(9-7-14)18(22)20-10-12-23-13-11-20/h1-9H,10-13H2,(H,19,21). The molecule has 0 radical (unpaired) electrons. The van der Waals surface area contributed by atoms with Crippen molar-refractivity contribution in [3.63, 3.8) is 0 Å². The van der Waals surface area contributed by atoms with E-state index >= 15 is 0 Å². The Hall–Kier alpha value is -2.66. The van der Waals surface area contributed by atoms with Crippen LogP contribution in [0, 0.1) is 0 Å². The van der Waals surface area contributed by atoms with Crippen LogP contribution in [-0.4, -0.2) is 43.0 Å². The summed E-state index contributed by atoms with van der Waals surface area (Å²) in [6.45, 7) is 2.36. The van der Waals surface area contributed by atoms with Gasteiger partial charge in [-0.15, -0.1) is 0 Å². The maximum atomic E-state index is 12.3. The fraction of sp³-hybridized carbons (Fsp3) is 0.222. The molecule has 1 aliphatic rings. The molecule has 2 amide bonds. The van der Waals surface area contributed by atoms with Crippen LogP contribution in [0.5, 0.6) is 0 Å². The van der Waals surface area contributed by atoms with Crippen LogP contribution in [0.4, 0.5) is 5.69 Å². The molecule has 1 saturated heterocycles. The summed E-state index contributed by atoms with van der Waals surface area (Å²) in [4.78, 5) is 26.3. The van der Waals surface area contributed by atoms with E-state index in [1.165, 1.54) is 0 Å². The Morgan fingerprint density at radius 3 is 2.13 bits per heavy atom. The molecule has 1 fully saturated rings. The quantitative estimate of drug-likeness (QED) is 0.947. The second-order valence-corrected chi connectivity index (χ2v) is 5.30. The van der Waals surface area contributed by atoms with Gasteiger partial charge in [0.05, 0.1) is 13.2 Å². The maximum absolute atomic E-state index is 12.3. The number of carbonyl (C=O) groups is 2. The minimum Gasteiger partial charge on any atom is -0.378 e. The van der Waals surface area contributed by atoms with Crippen LogP contribution in [0.25, 0.3) is 0 Å². The zero-order valence-electron chi connectivity index (χ0n) is 12.7. The van der Waals surface area contributed by atoms with Gasteiger partial charge in [0.25, 0.3) is 11.8 Å². The lowest BCUT2D eigenvalue weighted by Crippen LogP contribution is -2.40. The van der Waals surface area contributed by atoms with E-state index in [1.807, 2.05) is 30.3 Å². The average molecular weight is 310 g/mol. The van der Waals surface area contributed by atoms with E-state index in [-0.39, 0.29) is 11.8 Å². The number of nitrogens with zero attached hydrogens (tertiary/aromatic N) is 1. The van der Waals surface area contributed by atoms with Gasteiger partial charge in [0.1, 0.15) is 0 Å². The minimum absolute atomic E-state index is 0.0247. The van der Waals surface area contributed by atoms with Crippen LogP contribution in [0.1, 0.15) is 20.7 Å². The van der Waals surface area contributed by atoms with Gasteiger partial charge in [-0.25, -0.2) is 0 Å². The fourth-order valence-corrected chi connectivity index (χ4v) is 2.44. The SMILES string of the molecule is O=C(Nc1ccccc1)c1ccc(C(=O)N2CCOCC2)cc1. The lowest BCUT2D eigenvalue weighted by molar-refractivity contribution is 0.0303. The summed E-state index contributed by atoms with van der Waals surface area (Å²) in [6.07, 6.45) is 0. The highest BCUT2D eigenvalue weighted by Crippen LogP contribution is 2.12. The van der Waals surface area contributed by atoms with Crippen molar-refractivity contribution < 1.29 is 14.3 Å². The third kappa shape index (κ3) is 3.76. The predicted molar refractivity (Wildman–Crippen MR) is 87.6 cm³/mol. The fourth-order valence-electron chi connectivity index (χ4n) is 2.44. The summed E-state index contributed by atoms with van der Waals surface area (Å²) in [6, 6.07) is 16.0. The van der Waals surface area contributed by atoms with Crippen LogP contribution in [0.3, 0.4) is 0 Å². The molecule has 0 atom stereocenters. The zero-order valence-corrected chi connectivity index (χ0v) is 12.7. The van der Waals surface area contributed by atoms with E-state index in [0.29, 0.717) is 37.4 Å². The number of anilines is 1. The Morgan fingerprint density at radius 2 is 1.48 bits per heavy atom. The molecule has 1 N–H and O–H groups in total. The lowest BCUT2D eigenvalue weighted by atomic mass is 10.1. The molecule has 118 valence electrons. The molecule has 5 heteroatoms. The molecule has 5 nitrogen and oxygen atoms in total. The number of carbonyl (C=O) groups excluding carboxylic acids is 2. The molecule has 0 aliphatic carbocycles. The van der Waals surface area contributed by atoms with Crippen LogP contribution >= 0.6 is 0 Å². The number of morpholine rings is 1. The first kappa shape index (κ1) is 15.2. The van der Waals surface area contributed by atoms with Crippen molar-refractivity contribution in [2.24, 2.45) is 0 Å². The lowest BCUT2D eigenvalue weighted by Gasteiger charge is -2.26. The Balaban J connectivity index is 1.66. The van der Waals surface area contributed by atoms with Crippen molar-refractivity contribution in [3.8, 4) is 0 Å². The molecule has 0 aromatic heterocycles. The van der Waals surface area contributed by atoms with Crippen molar-refractivity contribution in [3.05, 3.63) is 65.7 Å². The highest BCUT2D eigenvalue weighted by Gasteiger charge is 2.18. The summed E-state index contributed by atoms with van der Waals surface area (Å²) in [5.41, 5.74) is 1.85. The Morgan fingerprint density at radius 1 is 0.870 bits per heavy atom. The van der Waals surface area contributed by atoms with Gasteiger partial charge in [-0.3, -0.25) is 9.59 Å². The predicted octanol–water partition coefficient (Wildman–Crippen LogP) is 2.41. The topological polar surface area (TPSA) is 58.6 Å². The van der Waals surface area contributed by atoms with Crippen molar-refractivity contribution in [2.75, 3.05) is 31.6 Å². The third-order valence-corrected chi connectivity index (χ3v) is 3.72. The highest BCUT2D eigenvalue weighted by atomic mass is 16.5. The monoisotopic (exact) mass is 310 g/mol. The van der Waals surface area contributed by atoms with Gasteiger partial charge in [0, 0.05) is 29.9 Å². The molecular formula is C18H18N2O3. The first-order chi connectivity index (χ1) is 11.2. The number of benzene rings is 2. The number of nitrogens with one attached hydrogen (secondary N) is 1. The molecule has 2 aromatic carbocycles. The number of ether oxygens (including phenoxy) is 1. The maximum Gasteiger partial charge on any atom is 0.255 e. The zero-order chi connectivity index (χ0) is 16.1. The normalized spacial score (nSPS) is 14.3. The summed E-state index contributed by atoms with van der Waals surface area (Å²) < 4.78 is 5.25. The van der Waals surface area contributed by atoms with Gasteiger partial charge in [0.15, 0.2) is 0 Å². The summed E-state index contributed by atoms with van der Waals surface area (Å²) >= 11 is 0. The largest absolute Gasteiger partial charge is 0.378 e. The van der Waals surface area contributed by atoms with Crippen molar-refractivity contribution in [1.82, 2.24) is 4.90 Å². The molecule has 2 aromatic rings. The molecule has 1 heterocycles. The number of rotatable bonds is 3. The first-order valence-electron chi connectivity index (χ1n) is 7.57. The Labute approximate surface area is 134 Å². The van der Waals surface area contributed by atoms with E-state index in [4.69, 9.17) is 4.74 Å². The van der Waals surface area contributed by atoms with Crippen molar-refractivity contribution in [1.29, 1.82) is 0 Å². The molecule has 0 saturated carbocycles. The van der Waals surface area contributed by atoms with Crippen molar-refractivity contribution >= 4 is 17.5 Å². The van der Waals surface area contributed by atoms with Crippen LogP contribution in [0.15, 0.2) is 54.6 Å². The number of hydrogen-bond donors (Lipinski definition) is 1. The summed E-state index contributed by atoms with van der Waals surface area (Å²) in [5, 5.41) is 2.82. The number of amides is 2. The summed E-state index contributed by atoms with van der Waals surface area (Å²) in [5.74, 6) is -0.218. The molecule has 0 spiro atoms. The molecular weight excluding hydrogens is 292 g/mol. The Bertz CT molecular complexity index is 677. The average Bonchev–Trinajstić information content (AvgIpc) is 2.63. The molecule has 3 rings (SSSR count). The van der Waals surface area contributed by atoms with Crippen LogP contribution in [0.2, 0.25) is 0 Å². The number of hydrogen-bond acceptors (Lipinski definition) is 3. The van der Waals surface area contributed by atoms with Crippen LogP contribution < -0.4 is 5.32 Å². The van der Waals surface area contributed by atoms with Crippen molar-refractivity contribution in [2.45, 2.75) is 0 Å². The molecule has 1 aliphatic heterocycles. The summed E-state index contributed by atoms with van der Waals surface area (Å²) in [7, 11) is 0.